The number of nitrogens with two attached hydrogens (primary N) is 1. The number of H-pyrrole nitrogens is 1. The van der Waals surface area contributed by atoms with Crippen molar-refractivity contribution in [2.45, 2.75) is 11.4 Å². The molecule has 0 aliphatic rings. The number of hydrogen-bond acceptors (Lipinski definition) is 6. The SMILES string of the molecule is CNS(=O)(=O)c1cc(N)ccc1NCc1ncn[nH]1. The van der Waals surface area contributed by atoms with Crippen molar-refractivity contribution in [1.29, 1.82) is 0 Å². The molecule has 0 aliphatic carbocycles. The van der Waals surface area contributed by atoms with E-state index in [1.807, 2.05) is 0 Å². The van der Waals surface area contributed by atoms with Gasteiger partial charge in [-0.3, -0.25) is 5.10 Å². The molecule has 0 spiro atoms. The van der Waals surface area contributed by atoms with E-state index in [0.717, 1.165) is 0 Å². The second-order valence-corrected chi connectivity index (χ2v) is 5.60. The van der Waals surface area contributed by atoms with E-state index < -0.39 is 10.0 Å². The average Bonchev–Trinajstić information content (AvgIpc) is 2.90. The van der Waals surface area contributed by atoms with Gasteiger partial charge in [0.1, 0.15) is 17.0 Å². The first-order valence-corrected chi connectivity index (χ1v) is 6.92. The number of anilines is 2. The van der Waals surface area contributed by atoms with Gasteiger partial charge in [-0.25, -0.2) is 18.1 Å². The summed E-state index contributed by atoms with van der Waals surface area (Å²) in [6, 6.07) is 4.63. The summed E-state index contributed by atoms with van der Waals surface area (Å²) in [6.07, 6.45) is 1.38. The molecule has 1 aromatic carbocycles. The quantitative estimate of drug-likeness (QED) is 0.568. The molecule has 0 fully saturated rings. The maximum Gasteiger partial charge on any atom is 0.242 e. The van der Waals surface area contributed by atoms with E-state index in [1.165, 1.54) is 19.4 Å². The predicted molar refractivity (Wildman–Crippen MR) is 70.8 cm³/mol. The summed E-state index contributed by atoms with van der Waals surface area (Å²) in [7, 11) is -2.24. The van der Waals surface area contributed by atoms with Crippen molar-refractivity contribution in [2.75, 3.05) is 18.1 Å². The van der Waals surface area contributed by atoms with E-state index in [0.29, 0.717) is 23.7 Å². The molecule has 0 amide bonds. The van der Waals surface area contributed by atoms with Crippen LogP contribution in [0.2, 0.25) is 0 Å². The van der Waals surface area contributed by atoms with Crippen LogP contribution < -0.4 is 15.8 Å². The van der Waals surface area contributed by atoms with Crippen LogP contribution in [0, 0.1) is 0 Å². The van der Waals surface area contributed by atoms with Gasteiger partial charge in [0.25, 0.3) is 0 Å². The lowest BCUT2D eigenvalue weighted by atomic mass is 10.3. The van der Waals surface area contributed by atoms with E-state index >= 15 is 0 Å². The maximum atomic E-state index is 11.9. The summed E-state index contributed by atoms with van der Waals surface area (Å²) >= 11 is 0. The number of benzene rings is 1. The van der Waals surface area contributed by atoms with Crippen LogP contribution in [-0.2, 0) is 16.6 Å². The van der Waals surface area contributed by atoms with Crippen LogP contribution in [-0.4, -0.2) is 30.6 Å². The minimum atomic E-state index is -3.58. The molecule has 1 aromatic heterocycles. The highest BCUT2D eigenvalue weighted by Gasteiger charge is 2.17. The lowest BCUT2D eigenvalue weighted by Crippen LogP contribution is -2.20. The van der Waals surface area contributed by atoms with E-state index in [4.69, 9.17) is 5.73 Å². The number of aromatic amines is 1. The Labute approximate surface area is 110 Å². The number of rotatable bonds is 5. The zero-order valence-corrected chi connectivity index (χ0v) is 11.0. The largest absolute Gasteiger partial charge is 0.399 e. The van der Waals surface area contributed by atoms with Crippen LogP contribution in [0.4, 0.5) is 11.4 Å². The fourth-order valence-corrected chi connectivity index (χ4v) is 2.45. The first-order chi connectivity index (χ1) is 9.03. The molecule has 0 saturated carbocycles. The van der Waals surface area contributed by atoms with Crippen molar-refractivity contribution >= 4 is 21.4 Å². The maximum absolute atomic E-state index is 11.9. The summed E-state index contributed by atoms with van der Waals surface area (Å²) in [4.78, 5) is 4.03. The monoisotopic (exact) mass is 282 g/mol. The summed E-state index contributed by atoms with van der Waals surface area (Å²) in [5, 5.41) is 9.36. The number of nitrogen functional groups attached to an aromatic ring is 1. The van der Waals surface area contributed by atoms with Gasteiger partial charge in [-0.05, 0) is 25.2 Å². The normalized spacial score (nSPS) is 11.4. The molecule has 0 bridgehead atoms. The Morgan fingerprint density at radius 1 is 1.42 bits per heavy atom. The molecule has 9 heteroatoms. The minimum absolute atomic E-state index is 0.0921. The van der Waals surface area contributed by atoms with Gasteiger partial charge in [-0.1, -0.05) is 0 Å². The molecule has 19 heavy (non-hydrogen) atoms. The molecule has 2 rings (SSSR count). The van der Waals surface area contributed by atoms with Crippen molar-refractivity contribution in [1.82, 2.24) is 19.9 Å². The van der Waals surface area contributed by atoms with Gasteiger partial charge in [-0.2, -0.15) is 5.10 Å². The number of nitrogens with zero attached hydrogens (tertiary/aromatic N) is 2. The summed E-state index contributed by atoms with van der Waals surface area (Å²) in [5.41, 5.74) is 6.44. The molecular weight excluding hydrogens is 268 g/mol. The van der Waals surface area contributed by atoms with Gasteiger partial charge < -0.3 is 11.1 Å². The highest BCUT2D eigenvalue weighted by molar-refractivity contribution is 7.89. The third-order valence-corrected chi connectivity index (χ3v) is 3.93. The van der Waals surface area contributed by atoms with Gasteiger partial charge in [-0.15, -0.1) is 0 Å². The number of hydrogen-bond donors (Lipinski definition) is 4. The van der Waals surface area contributed by atoms with E-state index in [9.17, 15) is 8.42 Å². The smallest absolute Gasteiger partial charge is 0.242 e. The lowest BCUT2D eigenvalue weighted by molar-refractivity contribution is 0.588. The van der Waals surface area contributed by atoms with Crippen molar-refractivity contribution < 1.29 is 8.42 Å². The van der Waals surface area contributed by atoms with Crippen LogP contribution >= 0.6 is 0 Å². The molecule has 8 nitrogen and oxygen atoms in total. The molecule has 102 valence electrons. The number of nitrogens with one attached hydrogen (secondary N) is 3. The molecule has 1 heterocycles. The van der Waals surface area contributed by atoms with Crippen LogP contribution in [0.5, 0.6) is 0 Å². The topological polar surface area (TPSA) is 126 Å². The van der Waals surface area contributed by atoms with Crippen LogP contribution in [0.25, 0.3) is 0 Å². The summed E-state index contributed by atoms with van der Waals surface area (Å²) in [5.74, 6) is 0.602. The fourth-order valence-electron chi connectivity index (χ4n) is 1.51. The second kappa shape index (κ2) is 5.24. The fraction of sp³-hybridized carbons (Fsp3) is 0.200. The van der Waals surface area contributed by atoms with Crippen LogP contribution in [0.15, 0.2) is 29.4 Å². The molecule has 0 unspecified atom stereocenters. The average molecular weight is 282 g/mol. The Morgan fingerprint density at radius 2 is 2.21 bits per heavy atom. The Hall–Kier alpha value is -2.13. The van der Waals surface area contributed by atoms with Crippen LogP contribution in [0.3, 0.4) is 0 Å². The zero-order chi connectivity index (χ0) is 13.9. The third kappa shape index (κ3) is 3.01. The zero-order valence-electron chi connectivity index (χ0n) is 10.2. The minimum Gasteiger partial charge on any atom is -0.399 e. The molecule has 0 aliphatic heterocycles. The van der Waals surface area contributed by atoms with Gasteiger partial charge in [0, 0.05) is 5.69 Å². The van der Waals surface area contributed by atoms with Crippen molar-refractivity contribution in [3.63, 3.8) is 0 Å². The van der Waals surface area contributed by atoms with Gasteiger partial charge in [0.05, 0.1) is 12.2 Å². The highest BCUT2D eigenvalue weighted by atomic mass is 32.2. The predicted octanol–water partition coefficient (Wildman–Crippen LogP) is -0.0929. The molecular formula is C10H14N6O2S. The third-order valence-electron chi connectivity index (χ3n) is 2.48. The highest BCUT2D eigenvalue weighted by Crippen LogP contribution is 2.23. The van der Waals surface area contributed by atoms with Gasteiger partial charge in [0.2, 0.25) is 10.0 Å². The summed E-state index contributed by atoms with van der Waals surface area (Å²) < 4.78 is 26.0. The second-order valence-electron chi connectivity index (χ2n) is 3.75. The van der Waals surface area contributed by atoms with Crippen molar-refractivity contribution in [3.05, 3.63) is 30.4 Å². The number of sulfonamides is 1. The number of aromatic nitrogens is 3. The lowest BCUT2D eigenvalue weighted by Gasteiger charge is -2.11. The van der Waals surface area contributed by atoms with Gasteiger partial charge >= 0.3 is 0 Å². The van der Waals surface area contributed by atoms with Crippen molar-refractivity contribution in [3.8, 4) is 0 Å². The van der Waals surface area contributed by atoms with E-state index in [2.05, 4.69) is 25.2 Å². The molecule has 0 atom stereocenters. The first-order valence-electron chi connectivity index (χ1n) is 5.44. The Bertz CT molecular complexity index is 653. The standard InChI is InChI=1S/C10H14N6O2S/c1-12-19(17,18)9-4-7(11)2-3-8(9)13-5-10-14-6-15-16-10/h2-4,6,12-13H,5,11H2,1H3,(H,14,15,16). The Morgan fingerprint density at radius 3 is 2.84 bits per heavy atom. The Balaban J connectivity index is 2.30. The molecule has 0 saturated heterocycles. The Kier molecular flexibility index (Phi) is 3.67. The first kappa shape index (κ1) is 13.3. The molecule has 5 N–H and O–H groups in total. The van der Waals surface area contributed by atoms with E-state index in [1.54, 1.807) is 12.1 Å². The van der Waals surface area contributed by atoms with E-state index in [-0.39, 0.29) is 4.90 Å². The van der Waals surface area contributed by atoms with Crippen molar-refractivity contribution in [2.24, 2.45) is 0 Å². The van der Waals surface area contributed by atoms with Gasteiger partial charge in [0.15, 0.2) is 0 Å². The molecule has 2 aromatic rings. The van der Waals surface area contributed by atoms with Crippen LogP contribution in [0.1, 0.15) is 5.82 Å². The molecule has 0 radical (unpaired) electrons. The summed E-state index contributed by atoms with van der Waals surface area (Å²) in [6.45, 7) is 0.330.